The summed E-state index contributed by atoms with van der Waals surface area (Å²) < 4.78 is 0. The normalized spacial score (nSPS) is 32.6. The molecule has 4 heteroatoms. The molecule has 2 saturated heterocycles. The highest BCUT2D eigenvalue weighted by Gasteiger charge is 2.25. The lowest BCUT2D eigenvalue weighted by atomic mass is 10.0. The van der Waals surface area contributed by atoms with Crippen molar-refractivity contribution in [3.63, 3.8) is 0 Å². The molecule has 15 heavy (non-hydrogen) atoms. The molecule has 0 saturated carbocycles. The van der Waals surface area contributed by atoms with Crippen LogP contribution in [0.1, 0.15) is 26.2 Å². The van der Waals surface area contributed by atoms with E-state index in [0.29, 0.717) is 12.0 Å². The van der Waals surface area contributed by atoms with Gasteiger partial charge in [0.1, 0.15) is 0 Å². The Morgan fingerprint density at radius 2 is 2.33 bits per heavy atom. The minimum absolute atomic E-state index is 0.112. The van der Waals surface area contributed by atoms with Crippen molar-refractivity contribution in [3.05, 3.63) is 0 Å². The molecular weight excluding hydrogens is 190 g/mol. The van der Waals surface area contributed by atoms with E-state index >= 15 is 0 Å². The first-order valence-electron chi connectivity index (χ1n) is 6.02. The van der Waals surface area contributed by atoms with E-state index in [2.05, 4.69) is 17.6 Å². The highest BCUT2D eigenvalue weighted by molar-refractivity contribution is 5.75. The van der Waals surface area contributed by atoms with Gasteiger partial charge in [0.05, 0.1) is 0 Å². The second kappa shape index (κ2) is 4.84. The number of carbonyl (C=O) groups excluding carboxylic acids is 1. The van der Waals surface area contributed by atoms with Gasteiger partial charge >= 0.3 is 6.03 Å². The summed E-state index contributed by atoms with van der Waals surface area (Å²) >= 11 is 0. The quantitative estimate of drug-likeness (QED) is 0.709. The zero-order valence-electron chi connectivity index (χ0n) is 9.46. The number of urea groups is 1. The van der Waals surface area contributed by atoms with E-state index in [9.17, 15) is 4.79 Å². The number of nitrogens with one attached hydrogen (secondary N) is 2. The molecule has 2 fully saturated rings. The molecule has 0 spiro atoms. The van der Waals surface area contributed by atoms with Gasteiger partial charge in [0.15, 0.2) is 0 Å². The number of carbonyl (C=O) groups is 1. The third kappa shape index (κ3) is 2.84. The smallest absolute Gasteiger partial charge is 0.317 e. The van der Waals surface area contributed by atoms with Crippen LogP contribution in [0.4, 0.5) is 4.79 Å². The lowest BCUT2D eigenvalue weighted by molar-refractivity contribution is 0.159. The SMILES string of the molecule is CC1CNC(=O)N(CC2CCCCN2)C1. The molecule has 0 aromatic heterocycles. The van der Waals surface area contributed by atoms with Crippen LogP contribution in [0.3, 0.4) is 0 Å². The third-order valence-electron chi connectivity index (χ3n) is 3.27. The van der Waals surface area contributed by atoms with E-state index in [4.69, 9.17) is 0 Å². The number of hydrogen-bond acceptors (Lipinski definition) is 2. The predicted octanol–water partition coefficient (Wildman–Crippen LogP) is 0.790. The monoisotopic (exact) mass is 211 g/mol. The van der Waals surface area contributed by atoms with Gasteiger partial charge in [-0.2, -0.15) is 0 Å². The first-order valence-corrected chi connectivity index (χ1v) is 6.02. The fraction of sp³-hybridized carbons (Fsp3) is 0.909. The van der Waals surface area contributed by atoms with Crippen molar-refractivity contribution >= 4 is 6.03 Å². The molecule has 0 aliphatic carbocycles. The number of piperidine rings is 1. The molecule has 2 aliphatic heterocycles. The maximum atomic E-state index is 11.6. The summed E-state index contributed by atoms with van der Waals surface area (Å²) in [6.45, 7) is 5.89. The first kappa shape index (κ1) is 10.7. The summed E-state index contributed by atoms with van der Waals surface area (Å²) in [5.41, 5.74) is 0. The van der Waals surface area contributed by atoms with Crippen LogP contribution in [0.5, 0.6) is 0 Å². The number of amides is 2. The average molecular weight is 211 g/mol. The van der Waals surface area contributed by atoms with E-state index in [0.717, 1.165) is 26.2 Å². The standard InChI is InChI=1S/C11H21N3O/c1-9-6-13-11(15)14(7-9)8-10-4-2-3-5-12-10/h9-10,12H,2-8H2,1H3,(H,13,15). The third-order valence-corrected chi connectivity index (χ3v) is 3.27. The Morgan fingerprint density at radius 3 is 3.07 bits per heavy atom. The van der Waals surface area contributed by atoms with Crippen LogP contribution in [-0.4, -0.2) is 43.2 Å². The van der Waals surface area contributed by atoms with Crippen molar-refractivity contribution in [1.29, 1.82) is 0 Å². The molecule has 0 aromatic carbocycles. The Balaban J connectivity index is 1.83. The van der Waals surface area contributed by atoms with Crippen molar-refractivity contribution < 1.29 is 4.79 Å². The Bertz CT molecular complexity index is 226. The van der Waals surface area contributed by atoms with Gasteiger partial charge in [0.2, 0.25) is 0 Å². The number of nitrogens with zero attached hydrogens (tertiary/aromatic N) is 1. The van der Waals surface area contributed by atoms with Crippen LogP contribution in [0.2, 0.25) is 0 Å². The molecule has 4 nitrogen and oxygen atoms in total. The maximum Gasteiger partial charge on any atom is 0.317 e. The molecule has 0 bridgehead atoms. The van der Waals surface area contributed by atoms with Gasteiger partial charge < -0.3 is 15.5 Å². The molecule has 2 heterocycles. The molecule has 86 valence electrons. The molecule has 2 atom stereocenters. The Hall–Kier alpha value is -0.770. The summed E-state index contributed by atoms with van der Waals surface area (Å²) in [4.78, 5) is 13.6. The molecule has 2 unspecified atom stereocenters. The van der Waals surface area contributed by atoms with Crippen LogP contribution < -0.4 is 10.6 Å². The summed E-state index contributed by atoms with van der Waals surface area (Å²) in [6.07, 6.45) is 3.78. The lowest BCUT2D eigenvalue weighted by Gasteiger charge is -2.35. The van der Waals surface area contributed by atoms with Crippen LogP contribution in [-0.2, 0) is 0 Å². The van der Waals surface area contributed by atoms with E-state index in [-0.39, 0.29) is 6.03 Å². The van der Waals surface area contributed by atoms with Gasteiger partial charge in [-0.3, -0.25) is 0 Å². The van der Waals surface area contributed by atoms with Crippen molar-refractivity contribution in [2.75, 3.05) is 26.2 Å². The molecule has 2 N–H and O–H groups in total. The summed E-state index contributed by atoms with van der Waals surface area (Å²) in [7, 11) is 0. The van der Waals surface area contributed by atoms with Crippen LogP contribution >= 0.6 is 0 Å². The Kier molecular flexibility index (Phi) is 3.46. The first-order chi connectivity index (χ1) is 7.25. The molecule has 0 aromatic rings. The summed E-state index contributed by atoms with van der Waals surface area (Å²) in [5, 5.41) is 6.41. The molecule has 2 aliphatic rings. The summed E-state index contributed by atoms with van der Waals surface area (Å²) in [6, 6.07) is 0.621. The summed E-state index contributed by atoms with van der Waals surface area (Å²) in [5.74, 6) is 0.575. The highest BCUT2D eigenvalue weighted by Crippen LogP contribution is 2.11. The van der Waals surface area contributed by atoms with Gasteiger partial charge in [0.25, 0.3) is 0 Å². The predicted molar refractivity (Wildman–Crippen MR) is 59.8 cm³/mol. The fourth-order valence-corrected chi connectivity index (χ4v) is 2.40. The van der Waals surface area contributed by atoms with Crippen LogP contribution in [0.25, 0.3) is 0 Å². The zero-order chi connectivity index (χ0) is 10.7. The largest absolute Gasteiger partial charge is 0.338 e. The van der Waals surface area contributed by atoms with Crippen molar-refractivity contribution in [3.8, 4) is 0 Å². The zero-order valence-corrected chi connectivity index (χ0v) is 9.46. The van der Waals surface area contributed by atoms with E-state index in [1.165, 1.54) is 19.3 Å². The van der Waals surface area contributed by atoms with E-state index in [1.54, 1.807) is 0 Å². The van der Waals surface area contributed by atoms with Crippen LogP contribution in [0.15, 0.2) is 0 Å². The van der Waals surface area contributed by atoms with Crippen molar-refractivity contribution in [2.45, 2.75) is 32.2 Å². The van der Waals surface area contributed by atoms with Crippen LogP contribution in [0, 0.1) is 5.92 Å². The highest BCUT2D eigenvalue weighted by atomic mass is 16.2. The minimum Gasteiger partial charge on any atom is -0.338 e. The van der Waals surface area contributed by atoms with E-state index in [1.807, 2.05) is 4.90 Å². The Labute approximate surface area is 91.4 Å². The number of hydrogen-bond donors (Lipinski definition) is 2. The second-order valence-corrected chi connectivity index (χ2v) is 4.84. The molecular formula is C11H21N3O. The lowest BCUT2D eigenvalue weighted by Crippen LogP contribution is -2.54. The maximum absolute atomic E-state index is 11.6. The molecule has 0 radical (unpaired) electrons. The molecule has 2 amide bonds. The van der Waals surface area contributed by atoms with Gasteiger partial charge in [-0.15, -0.1) is 0 Å². The molecule has 2 rings (SSSR count). The fourth-order valence-electron chi connectivity index (χ4n) is 2.40. The Morgan fingerprint density at radius 1 is 1.47 bits per heavy atom. The van der Waals surface area contributed by atoms with E-state index < -0.39 is 0 Å². The topological polar surface area (TPSA) is 44.4 Å². The van der Waals surface area contributed by atoms with Gasteiger partial charge in [0, 0.05) is 25.7 Å². The average Bonchev–Trinajstić information content (AvgIpc) is 2.25. The van der Waals surface area contributed by atoms with Crippen molar-refractivity contribution in [1.82, 2.24) is 15.5 Å². The second-order valence-electron chi connectivity index (χ2n) is 4.84. The number of rotatable bonds is 2. The van der Waals surface area contributed by atoms with Gasteiger partial charge in [-0.05, 0) is 25.3 Å². The van der Waals surface area contributed by atoms with Gasteiger partial charge in [-0.1, -0.05) is 13.3 Å². The van der Waals surface area contributed by atoms with Gasteiger partial charge in [-0.25, -0.2) is 4.79 Å². The van der Waals surface area contributed by atoms with Crippen molar-refractivity contribution in [2.24, 2.45) is 5.92 Å². The minimum atomic E-state index is 0.112.